The Labute approximate surface area is 489 Å². The molecule has 6 nitrogen and oxygen atoms in total. The van der Waals surface area contributed by atoms with Gasteiger partial charge in [0.05, 0.1) is 0 Å². The highest BCUT2D eigenvalue weighted by atomic mass is 16.6. The monoisotopic (exact) mass is 1100 g/mol. The van der Waals surface area contributed by atoms with Gasteiger partial charge in [-0.25, -0.2) is 0 Å². The highest BCUT2D eigenvalue weighted by molar-refractivity contribution is 5.71. The zero-order chi connectivity index (χ0) is 57.1. The second kappa shape index (κ2) is 66.6. The van der Waals surface area contributed by atoms with E-state index >= 15 is 0 Å². The first-order valence-corrected chi connectivity index (χ1v) is 33.4. The molecule has 79 heavy (non-hydrogen) atoms. The summed E-state index contributed by atoms with van der Waals surface area (Å²) in [6, 6.07) is 0. The summed E-state index contributed by atoms with van der Waals surface area (Å²) in [4.78, 5) is 38.1. The van der Waals surface area contributed by atoms with E-state index in [0.29, 0.717) is 19.3 Å². The lowest BCUT2D eigenvalue weighted by Gasteiger charge is -2.18. The Morgan fingerprint density at radius 3 is 0.785 bits per heavy atom. The van der Waals surface area contributed by atoms with Gasteiger partial charge in [-0.1, -0.05) is 297 Å². The van der Waals surface area contributed by atoms with E-state index < -0.39 is 6.10 Å². The molecule has 0 radical (unpaired) electrons. The number of rotatable bonds is 60. The van der Waals surface area contributed by atoms with E-state index in [0.717, 1.165) is 109 Å². The van der Waals surface area contributed by atoms with Crippen LogP contribution in [0.5, 0.6) is 0 Å². The summed E-state index contributed by atoms with van der Waals surface area (Å²) >= 11 is 0. The lowest BCUT2D eigenvalue weighted by molar-refractivity contribution is -0.167. The van der Waals surface area contributed by atoms with Gasteiger partial charge in [-0.05, 0) is 109 Å². The number of carbonyl (C=O) groups excluding carboxylic acids is 3. The number of esters is 3. The van der Waals surface area contributed by atoms with Crippen molar-refractivity contribution >= 4 is 17.9 Å². The Kier molecular flexibility index (Phi) is 63.3. The maximum atomic E-state index is 12.9. The maximum Gasteiger partial charge on any atom is 0.306 e. The third-order valence-electron chi connectivity index (χ3n) is 14.3. The number of ether oxygens (including phenoxy) is 3. The van der Waals surface area contributed by atoms with Crippen LogP contribution in [0.2, 0.25) is 0 Å². The van der Waals surface area contributed by atoms with Crippen LogP contribution in [0, 0.1) is 0 Å². The van der Waals surface area contributed by atoms with Crippen molar-refractivity contribution in [3.8, 4) is 0 Å². The van der Waals surface area contributed by atoms with E-state index in [2.05, 4.69) is 130 Å². The second-order valence-corrected chi connectivity index (χ2v) is 22.0. The van der Waals surface area contributed by atoms with Crippen molar-refractivity contribution in [2.45, 2.75) is 322 Å². The SMILES string of the molecule is CC/C=C\C/C=C\C/C=C\C/C=C\C/C=C\C/C=C\C/C=C\C/C=C\CCCCCCCCCCCCC(=O)OCC(COC(=O)CCCCCCCCC)OC(=O)CCCCCCCCCCC/C=C\CCCCCCCC. The van der Waals surface area contributed by atoms with Crippen LogP contribution >= 0.6 is 0 Å². The highest BCUT2D eigenvalue weighted by Crippen LogP contribution is 2.16. The Morgan fingerprint density at radius 1 is 0.266 bits per heavy atom. The van der Waals surface area contributed by atoms with Crippen LogP contribution in [0.3, 0.4) is 0 Å². The van der Waals surface area contributed by atoms with Crippen molar-refractivity contribution in [3.63, 3.8) is 0 Å². The van der Waals surface area contributed by atoms with Crippen molar-refractivity contribution < 1.29 is 28.6 Å². The molecule has 0 heterocycles. The summed E-state index contributed by atoms with van der Waals surface area (Å²) in [6.07, 6.45) is 91.3. The number of allylic oxidation sites excluding steroid dienone is 18. The van der Waals surface area contributed by atoms with Gasteiger partial charge in [0.1, 0.15) is 13.2 Å². The lowest BCUT2D eigenvalue weighted by Crippen LogP contribution is -2.30. The van der Waals surface area contributed by atoms with Crippen LogP contribution in [-0.2, 0) is 28.6 Å². The molecule has 0 aliphatic heterocycles. The van der Waals surface area contributed by atoms with E-state index in [1.54, 1.807) is 0 Å². The van der Waals surface area contributed by atoms with Gasteiger partial charge in [0.15, 0.2) is 6.10 Å². The molecule has 0 aromatic carbocycles. The molecule has 0 aromatic heterocycles. The molecule has 1 unspecified atom stereocenters. The van der Waals surface area contributed by atoms with E-state index in [-0.39, 0.29) is 31.1 Å². The van der Waals surface area contributed by atoms with Crippen molar-refractivity contribution in [2.75, 3.05) is 13.2 Å². The van der Waals surface area contributed by atoms with Crippen molar-refractivity contribution in [1.82, 2.24) is 0 Å². The summed E-state index contributed by atoms with van der Waals surface area (Å²) in [5.41, 5.74) is 0. The third kappa shape index (κ3) is 64.8. The van der Waals surface area contributed by atoms with E-state index in [1.807, 2.05) is 0 Å². The van der Waals surface area contributed by atoms with Crippen molar-refractivity contribution in [3.05, 3.63) is 109 Å². The highest BCUT2D eigenvalue weighted by Gasteiger charge is 2.19. The first kappa shape index (κ1) is 75.1. The number of hydrogen-bond donors (Lipinski definition) is 0. The average molecular weight is 1100 g/mol. The van der Waals surface area contributed by atoms with Crippen LogP contribution in [-0.4, -0.2) is 37.2 Å². The largest absolute Gasteiger partial charge is 0.462 e. The zero-order valence-electron chi connectivity index (χ0n) is 51.9. The van der Waals surface area contributed by atoms with Crippen molar-refractivity contribution in [2.24, 2.45) is 0 Å². The minimum Gasteiger partial charge on any atom is -0.462 e. The number of carbonyl (C=O) groups is 3. The quantitative estimate of drug-likeness (QED) is 0.0261. The van der Waals surface area contributed by atoms with Crippen LogP contribution < -0.4 is 0 Å². The van der Waals surface area contributed by atoms with Gasteiger partial charge in [0, 0.05) is 19.3 Å². The minimum atomic E-state index is -0.778. The average Bonchev–Trinajstić information content (AvgIpc) is 3.45. The molecule has 0 aliphatic carbocycles. The molecule has 0 aromatic rings. The minimum absolute atomic E-state index is 0.0774. The summed E-state index contributed by atoms with van der Waals surface area (Å²) in [7, 11) is 0. The number of hydrogen-bond acceptors (Lipinski definition) is 6. The fraction of sp³-hybridized carbons (Fsp3) is 0.712. The Balaban J connectivity index is 4.10. The summed E-state index contributed by atoms with van der Waals surface area (Å²) in [5, 5.41) is 0. The zero-order valence-corrected chi connectivity index (χ0v) is 51.9. The molecule has 0 saturated heterocycles. The summed E-state index contributed by atoms with van der Waals surface area (Å²) < 4.78 is 16.8. The van der Waals surface area contributed by atoms with E-state index in [1.165, 1.54) is 167 Å². The normalized spacial score (nSPS) is 12.8. The topological polar surface area (TPSA) is 78.9 Å². The fourth-order valence-corrected chi connectivity index (χ4v) is 9.28. The predicted molar refractivity (Wildman–Crippen MR) is 343 cm³/mol. The molecule has 0 rings (SSSR count). The van der Waals surface area contributed by atoms with Crippen LogP contribution in [0.15, 0.2) is 109 Å². The van der Waals surface area contributed by atoms with Gasteiger partial charge in [-0.2, -0.15) is 0 Å². The molecule has 0 bridgehead atoms. The fourth-order valence-electron chi connectivity index (χ4n) is 9.28. The lowest BCUT2D eigenvalue weighted by atomic mass is 10.0. The first-order valence-electron chi connectivity index (χ1n) is 33.4. The molecule has 1 atom stereocenters. The standard InChI is InChI=1S/C73H124O6/c1-4-7-10-13-16-18-20-22-24-26-28-29-30-31-32-33-34-35-36-37-38-39-40-41-42-43-45-46-48-50-52-54-57-60-63-66-72(75)78-69-70(68-77-71(74)65-62-59-56-15-12-9-6-3)79-73(76)67-64-61-58-55-53-51-49-47-44-27-25-23-21-19-17-14-11-8-5-2/h7,10,16,18,22-25,28-29,31-32,34-35,37-38,40-41,70H,4-6,8-9,11-15,17,19-21,26-27,30,33,36,39,42-69H2,1-3H3/b10-7-,18-16-,24-22-,25-23-,29-28-,32-31-,35-34-,38-37-,41-40-. The van der Waals surface area contributed by atoms with Crippen LogP contribution in [0.25, 0.3) is 0 Å². The van der Waals surface area contributed by atoms with Gasteiger partial charge in [-0.3, -0.25) is 14.4 Å². The Hall–Kier alpha value is -3.93. The van der Waals surface area contributed by atoms with Gasteiger partial charge in [0.25, 0.3) is 0 Å². The molecular formula is C73H124O6. The molecule has 0 amide bonds. The molecule has 452 valence electrons. The maximum absolute atomic E-state index is 12.9. The molecular weight excluding hydrogens is 973 g/mol. The molecule has 6 heteroatoms. The van der Waals surface area contributed by atoms with Gasteiger partial charge in [-0.15, -0.1) is 0 Å². The molecule has 0 fully saturated rings. The van der Waals surface area contributed by atoms with E-state index in [4.69, 9.17) is 14.2 Å². The summed E-state index contributed by atoms with van der Waals surface area (Å²) in [5.74, 6) is -0.882. The smallest absolute Gasteiger partial charge is 0.306 e. The van der Waals surface area contributed by atoms with Gasteiger partial charge >= 0.3 is 17.9 Å². The van der Waals surface area contributed by atoms with E-state index in [9.17, 15) is 14.4 Å². The molecule has 0 saturated carbocycles. The Bertz CT molecular complexity index is 1590. The molecule has 0 aliphatic rings. The third-order valence-corrected chi connectivity index (χ3v) is 14.3. The van der Waals surface area contributed by atoms with Gasteiger partial charge < -0.3 is 14.2 Å². The van der Waals surface area contributed by atoms with Crippen LogP contribution in [0.1, 0.15) is 316 Å². The summed E-state index contributed by atoms with van der Waals surface area (Å²) in [6.45, 7) is 6.50. The van der Waals surface area contributed by atoms with Gasteiger partial charge in [0.2, 0.25) is 0 Å². The first-order chi connectivity index (χ1) is 39.0. The van der Waals surface area contributed by atoms with Crippen LogP contribution in [0.4, 0.5) is 0 Å². The predicted octanol–water partition coefficient (Wildman–Crippen LogP) is 23.0. The number of unbranched alkanes of at least 4 members (excludes halogenated alkanes) is 31. The second-order valence-electron chi connectivity index (χ2n) is 22.0. The van der Waals surface area contributed by atoms with Crippen molar-refractivity contribution in [1.29, 1.82) is 0 Å². The Morgan fingerprint density at radius 2 is 0.494 bits per heavy atom. The molecule has 0 N–H and O–H groups in total. The molecule has 0 spiro atoms.